The van der Waals surface area contributed by atoms with E-state index in [9.17, 15) is 14.9 Å². The van der Waals surface area contributed by atoms with Crippen molar-refractivity contribution in [3.63, 3.8) is 0 Å². The van der Waals surface area contributed by atoms with Crippen molar-refractivity contribution in [1.29, 1.82) is 5.26 Å². The number of rotatable bonds is 2. The van der Waals surface area contributed by atoms with Crippen LogP contribution in [-0.4, -0.2) is 63.0 Å². The van der Waals surface area contributed by atoms with Gasteiger partial charge in [-0.2, -0.15) is 5.26 Å². The fraction of sp³-hybridized carbons (Fsp3) is 0.286. The molecule has 3 fully saturated rings. The average molecular weight is 416 g/mol. The van der Waals surface area contributed by atoms with Gasteiger partial charge in [0.15, 0.2) is 5.11 Å². The zero-order chi connectivity index (χ0) is 21.0. The van der Waals surface area contributed by atoms with Gasteiger partial charge in [-0.05, 0) is 18.6 Å². The summed E-state index contributed by atoms with van der Waals surface area (Å²) >= 11 is 5.44. The molecule has 3 aliphatic rings. The lowest BCUT2D eigenvalue weighted by Gasteiger charge is -2.36. The molecule has 8 nitrogen and oxygen atoms in total. The summed E-state index contributed by atoms with van der Waals surface area (Å²) in [5, 5.41) is 14.1. The Labute approximate surface area is 178 Å². The topological polar surface area (TPSA) is 92.6 Å². The Hall–Kier alpha value is -3.69. The molecule has 9 heteroatoms. The molecule has 3 amide bonds. The fourth-order valence-electron chi connectivity index (χ4n) is 4.79. The van der Waals surface area contributed by atoms with Crippen molar-refractivity contribution in [1.82, 2.24) is 20.1 Å². The van der Waals surface area contributed by atoms with Gasteiger partial charge in [0.05, 0.1) is 30.5 Å². The number of nitrogens with zero attached hydrogens (tertiary/aromatic N) is 5. The SMILES string of the molecule is C#CCNC(=S)N1C[C@H]2CC1[C@H]1C(=O)N(c3cnc(C#N)c4ccccc34)C(=O)N21. The number of aromatic nitrogens is 1. The first kappa shape index (κ1) is 18.3. The van der Waals surface area contributed by atoms with Crippen LogP contribution in [0.15, 0.2) is 30.5 Å². The minimum absolute atomic E-state index is 0.0929. The Kier molecular flexibility index (Phi) is 4.09. The Morgan fingerprint density at radius 3 is 2.83 bits per heavy atom. The Morgan fingerprint density at radius 2 is 2.10 bits per heavy atom. The Balaban J connectivity index is 1.52. The number of hydrogen-bond acceptors (Lipinski definition) is 5. The maximum Gasteiger partial charge on any atom is 0.332 e. The minimum Gasteiger partial charge on any atom is -0.352 e. The van der Waals surface area contributed by atoms with Crippen molar-refractivity contribution in [2.75, 3.05) is 18.0 Å². The highest BCUT2D eigenvalue weighted by atomic mass is 32.1. The van der Waals surface area contributed by atoms with E-state index >= 15 is 0 Å². The molecule has 0 spiro atoms. The summed E-state index contributed by atoms with van der Waals surface area (Å²) in [6.45, 7) is 0.875. The lowest BCUT2D eigenvalue weighted by atomic mass is 10.1. The van der Waals surface area contributed by atoms with Crippen LogP contribution in [0, 0.1) is 23.7 Å². The van der Waals surface area contributed by atoms with Crippen LogP contribution in [0.3, 0.4) is 0 Å². The first-order valence-electron chi connectivity index (χ1n) is 9.49. The third-order valence-corrected chi connectivity index (χ3v) is 6.37. The molecule has 3 saturated heterocycles. The number of nitriles is 1. The van der Waals surface area contributed by atoms with Crippen LogP contribution in [0.2, 0.25) is 0 Å². The van der Waals surface area contributed by atoms with Gasteiger partial charge in [-0.1, -0.05) is 30.2 Å². The minimum atomic E-state index is -0.601. The highest BCUT2D eigenvalue weighted by molar-refractivity contribution is 7.80. The standard InChI is InChI=1S/C21H16N6O2S/c1-2-7-23-20(30)25-11-12-8-16(25)18-19(28)27(21(29)26(12)18)17-10-24-15(9-22)13-5-3-4-6-14(13)17/h1,3-6,10,12,16,18H,7-8,11H2,(H,23,30)/t12-,16?,18+/m1/s1. The van der Waals surface area contributed by atoms with E-state index in [1.165, 1.54) is 11.1 Å². The summed E-state index contributed by atoms with van der Waals surface area (Å²) in [6, 6.07) is 7.98. The lowest BCUT2D eigenvalue weighted by molar-refractivity contribution is -0.120. The number of piperazine rings is 1. The van der Waals surface area contributed by atoms with Gasteiger partial charge < -0.3 is 15.1 Å². The number of benzene rings is 1. The number of anilines is 1. The molecule has 0 saturated carbocycles. The van der Waals surface area contributed by atoms with E-state index in [4.69, 9.17) is 18.6 Å². The van der Waals surface area contributed by atoms with Crippen LogP contribution in [-0.2, 0) is 4.79 Å². The highest BCUT2D eigenvalue weighted by Crippen LogP contribution is 2.43. The lowest BCUT2D eigenvalue weighted by Crippen LogP contribution is -2.56. The van der Waals surface area contributed by atoms with Gasteiger partial charge in [0.1, 0.15) is 17.8 Å². The number of hydrogen-bond donors (Lipinski definition) is 1. The number of pyridine rings is 1. The van der Waals surface area contributed by atoms with Crippen LogP contribution in [0.25, 0.3) is 10.8 Å². The van der Waals surface area contributed by atoms with Gasteiger partial charge in [0.25, 0.3) is 5.91 Å². The predicted molar refractivity (Wildman–Crippen MR) is 113 cm³/mol. The molecule has 4 heterocycles. The number of nitrogens with one attached hydrogen (secondary N) is 1. The molecule has 1 aromatic heterocycles. The molecular formula is C21H16N6O2S. The van der Waals surface area contributed by atoms with Crippen molar-refractivity contribution in [3.8, 4) is 18.4 Å². The van der Waals surface area contributed by atoms with Crippen molar-refractivity contribution in [2.24, 2.45) is 0 Å². The van der Waals surface area contributed by atoms with Crippen molar-refractivity contribution >= 4 is 45.7 Å². The summed E-state index contributed by atoms with van der Waals surface area (Å²) < 4.78 is 0. The molecule has 1 N–H and O–H groups in total. The number of thiocarbonyl (C=S) groups is 1. The van der Waals surface area contributed by atoms with Gasteiger partial charge in [-0.25, -0.2) is 14.7 Å². The third kappa shape index (κ3) is 2.39. The predicted octanol–water partition coefficient (Wildman–Crippen LogP) is 1.21. The second-order valence-corrected chi connectivity index (χ2v) is 7.82. The number of urea groups is 1. The zero-order valence-corrected chi connectivity index (χ0v) is 16.6. The zero-order valence-electron chi connectivity index (χ0n) is 15.8. The second-order valence-electron chi connectivity index (χ2n) is 7.43. The van der Waals surface area contributed by atoms with Crippen LogP contribution < -0.4 is 10.2 Å². The number of carbonyl (C=O) groups is 2. The Morgan fingerprint density at radius 1 is 1.33 bits per heavy atom. The Bertz CT molecular complexity index is 1200. The van der Waals surface area contributed by atoms with E-state index in [1.807, 2.05) is 4.90 Å². The van der Waals surface area contributed by atoms with Crippen molar-refractivity contribution < 1.29 is 9.59 Å². The van der Waals surface area contributed by atoms with Crippen LogP contribution in [0.1, 0.15) is 12.1 Å². The van der Waals surface area contributed by atoms with Gasteiger partial charge in [-0.15, -0.1) is 6.42 Å². The average Bonchev–Trinajstić information content (AvgIpc) is 3.43. The van der Waals surface area contributed by atoms with E-state index in [-0.39, 0.29) is 29.7 Å². The largest absolute Gasteiger partial charge is 0.352 e. The van der Waals surface area contributed by atoms with Gasteiger partial charge >= 0.3 is 6.03 Å². The molecule has 5 rings (SSSR count). The maximum absolute atomic E-state index is 13.4. The molecule has 2 bridgehead atoms. The van der Waals surface area contributed by atoms with E-state index in [0.29, 0.717) is 41.1 Å². The fourth-order valence-corrected chi connectivity index (χ4v) is 5.07. The molecule has 3 aliphatic heterocycles. The number of fused-ring (bicyclic) bond motifs is 6. The summed E-state index contributed by atoms with van der Waals surface area (Å²) in [5.41, 5.74) is 0.651. The number of terminal acetylenes is 1. The van der Waals surface area contributed by atoms with E-state index in [0.717, 1.165) is 0 Å². The number of imide groups is 1. The molecular weight excluding hydrogens is 400 g/mol. The molecule has 1 unspecified atom stereocenters. The van der Waals surface area contributed by atoms with E-state index < -0.39 is 6.04 Å². The molecule has 0 radical (unpaired) electrons. The second kappa shape index (κ2) is 6.68. The first-order chi connectivity index (χ1) is 14.6. The van der Waals surface area contributed by atoms with Crippen LogP contribution in [0.5, 0.6) is 0 Å². The number of amides is 3. The van der Waals surface area contributed by atoms with Crippen molar-refractivity contribution in [3.05, 3.63) is 36.2 Å². The summed E-state index contributed by atoms with van der Waals surface area (Å²) in [7, 11) is 0. The summed E-state index contributed by atoms with van der Waals surface area (Å²) in [6.07, 6.45) is 7.42. The molecule has 1 aromatic carbocycles. The molecule has 3 atom stereocenters. The normalized spacial score (nSPS) is 24.2. The summed E-state index contributed by atoms with van der Waals surface area (Å²) in [5.74, 6) is 2.19. The quantitative estimate of drug-likeness (QED) is 0.447. The van der Waals surface area contributed by atoms with E-state index in [1.54, 1.807) is 29.2 Å². The molecule has 2 aromatic rings. The number of carbonyl (C=O) groups excluding carboxylic acids is 2. The monoisotopic (exact) mass is 416 g/mol. The molecule has 30 heavy (non-hydrogen) atoms. The van der Waals surface area contributed by atoms with E-state index in [2.05, 4.69) is 22.3 Å². The van der Waals surface area contributed by atoms with Crippen molar-refractivity contribution in [2.45, 2.75) is 24.5 Å². The van der Waals surface area contributed by atoms with Gasteiger partial charge in [0.2, 0.25) is 0 Å². The molecule has 0 aliphatic carbocycles. The highest BCUT2D eigenvalue weighted by Gasteiger charge is 2.62. The summed E-state index contributed by atoms with van der Waals surface area (Å²) in [4.78, 5) is 35.7. The van der Waals surface area contributed by atoms with Crippen LogP contribution >= 0.6 is 12.2 Å². The van der Waals surface area contributed by atoms with Gasteiger partial charge in [-0.3, -0.25) is 4.79 Å². The number of likely N-dealkylation sites (tertiary alicyclic amines) is 1. The first-order valence-corrected chi connectivity index (χ1v) is 9.89. The van der Waals surface area contributed by atoms with Crippen LogP contribution in [0.4, 0.5) is 10.5 Å². The maximum atomic E-state index is 13.4. The smallest absolute Gasteiger partial charge is 0.332 e. The van der Waals surface area contributed by atoms with Gasteiger partial charge in [0, 0.05) is 17.3 Å². The third-order valence-electron chi connectivity index (χ3n) is 5.99. The molecule has 148 valence electrons.